The zero-order valence-electron chi connectivity index (χ0n) is 18.4. The molecule has 0 spiro atoms. The summed E-state index contributed by atoms with van der Waals surface area (Å²) in [6, 6.07) is 9.73. The zero-order chi connectivity index (χ0) is 22.8. The van der Waals surface area contributed by atoms with Crippen LogP contribution in [0.3, 0.4) is 0 Å². The van der Waals surface area contributed by atoms with Crippen LogP contribution in [0.5, 0.6) is 0 Å². The molecule has 0 bridgehead atoms. The molecule has 0 unspecified atom stereocenters. The number of hydrogen-bond acceptors (Lipinski definition) is 7. The first-order chi connectivity index (χ1) is 16.2. The first kappa shape index (κ1) is 21.7. The Morgan fingerprint density at radius 2 is 1.94 bits per heavy atom. The highest BCUT2D eigenvalue weighted by molar-refractivity contribution is 9.18. The zero-order valence-corrected chi connectivity index (χ0v) is 20.0. The average Bonchev–Trinajstić information content (AvgIpc) is 3.56. The van der Waals surface area contributed by atoms with Gasteiger partial charge in [-0.1, -0.05) is 55.3 Å². The average molecular weight is 510 g/mol. The van der Waals surface area contributed by atoms with Gasteiger partial charge in [0.2, 0.25) is 17.5 Å². The molecule has 0 saturated carbocycles. The Labute approximate surface area is 198 Å². The van der Waals surface area contributed by atoms with Crippen LogP contribution in [0.15, 0.2) is 44.6 Å². The molecule has 0 N–H and O–H groups in total. The fourth-order valence-corrected chi connectivity index (χ4v) is 4.56. The van der Waals surface area contributed by atoms with Crippen molar-refractivity contribution in [3.63, 3.8) is 0 Å². The second-order valence-corrected chi connectivity index (χ2v) is 9.03. The highest BCUT2D eigenvalue weighted by Gasteiger charge is 2.25. The maximum Gasteiger partial charge on any atom is 0.266 e. The van der Waals surface area contributed by atoms with Crippen LogP contribution in [-0.4, -0.2) is 33.9 Å². The summed E-state index contributed by atoms with van der Waals surface area (Å²) in [5, 5.41) is 12.8. The van der Waals surface area contributed by atoms with Gasteiger partial charge < -0.3 is 4.52 Å². The lowest BCUT2D eigenvalue weighted by molar-refractivity contribution is 0.375. The van der Waals surface area contributed by atoms with Gasteiger partial charge in [0.05, 0.1) is 10.2 Å². The van der Waals surface area contributed by atoms with E-state index < -0.39 is 0 Å². The number of fused-ring (bicyclic) bond motifs is 2. The van der Waals surface area contributed by atoms with E-state index in [4.69, 9.17) is 4.52 Å². The third-order valence-corrected chi connectivity index (χ3v) is 6.23. The Morgan fingerprint density at radius 3 is 2.76 bits per heavy atom. The normalized spacial score (nSPS) is 13.0. The summed E-state index contributed by atoms with van der Waals surface area (Å²) in [7, 11) is 0. The van der Waals surface area contributed by atoms with Crippen molar-refractivity contribution in [1.29, 1.82) is 0 Å². The lowest BCUT2D eigenvalue weighted by Gasteiger charge is -2.12. The number of nitrogens with zero attached hydrogens (tertiary/aromatic N) is 7. The van der Waals surface area contributed by atoms with Crippen LogP contribution in [0, 0.1) is 0 Å². The van der Waals surface area contributed by atoms with Crippen LogP contribution in [0.1, 0.15) is 49.9 Å². The van der Waals surface area contributed by atoms with E-state index in [9.17, 15) is 4.79 Å². The minimum absolute atomic E-state index is 0.0888. The predicted octanol–water partition coefficient (Wildman–Crippen LogP) is 4.29. The minimum atomic E-state index is -0.0888. The molecule has 1 aromatic carbocycles. The predicted molar refractivity (Wildman–Crippen MR) is 128 cm³/mol. The number of unbranched alkanes of at least 4 members (excludes halogenated alkanes) is 2. The number of halogens is 1. The number of benzene rings is 1. The maximum atomic E-state index is 13.3. The highest BCUT2D eigenvalue weighted by atomic mass is 79.9. The molecule has 0 amide bonds. The van der Waals surface area contributed by atoms with Crippen LogP contribution >= 0.6 is 15.9 Å². The second kappa shape index (κ2) is 9.38. The van der Waals surface area contributed by atoms with Gasteiger partial charge in [-0.15, -0.1) is 10.2 Å². The van der Waals surface area contributed by atoms with Gasteiger partial charge >= 0.3 is 0 Å². The molecule has 10 heteroatoms. The molecule has 1 aliphatic heterocycles. The van der Waals surface area contributed by atoms with Crippen LogP contribution in [0.25, 0.3) is 17.2 Å². The summed E-state index contributed by atoms with van der Waals surface area (Å²) in [4.78, 5) is 22.3. The summed E-state index contributed by atoms with van der Waals surface area (Å²) < 4.78 is 9.85. The van der Waals surface area contributed by atoms with Crippen molar-refractivity contribution in [2.75, 3.05) is 0 Å². The van der Waals surface area contributed by atoms with E-state index in [1.54, 1.807) is 4.40 Å². The monoisotopic (exact) mass is 509 g/mol. The summed E-state index contributed by atoms with van der Waals surface area (Å²) in [6.45, 7) is 2.92. The molecule has 4 heterocycles. The molecule has 33 heavy (non-hydrogen) atoms. The minimum Gasteiger partial charge on any atom is -0.339 e. The number of rotatable bonds is 9. The largest absolute Gasteiger partial charge is 0.339 e. The Balaban J connectivity index is 1.37. The third kappa shape index (κ3) is 4.27. The Bertz CT molecular complexity index is 1370. The molecule has 0 radical (unpaired) electrons. The number of hydrogen-bond donors (Lipinski definition) is 0. The lowest BCUT2D eigenvalue weighted by Crippen LogP contribution is -2.23. The van der Waals surface area contributed by atoms with Crippen LogP contribution in [0.2, 0.25) is 0 Å². The van der Waals surface area contributed by atoms with Crippen LogP contribution < -0.4 is 5.56 Å². The number of aliphatic imine (C=N–C) groups is 1. The smallest absolute Gasteiger partial charge is 0.266 e. The van der Waals surface area contributed by atoms with E-state index >= 15 is 0 Å². The van der Waals surface area contributed by atoms with E-state index in [0.29, 0.717) is 60.4 Å². The molecule has 0 aliphatic carbocycles. The fraction of sp³-hybridized carbons (Fsp3) is 0.391. The van der Waals surface area contributed by atoms with E-state index in [-0.39, 0.29) is 5.56 Å². The topological polar surface area (TPSA) is 103 Å². The molecule has 5 rings (SSSR count). The SMILES string of the molecule is CCCCCn1c2c(c(=O)n3c(CCCc4nc(-c5ccccc5)no4)nnc13)CC(Br)=N2. The standard InChI is InChI=1S/C23H24BrN7O2/c1-2-3-7-13-30-21-16(14-17(24)25-21)22(32)31-18(27-28-23(30)31)11-8-12-19-26-20(29-33-19)15-9-5-4-6-10-15/h4-6,9-10H,2-3,7-8,11-14H2,1H3. The Hall–Kier alpha value is -3.14. The Kier molecular flexibility index (Phi) is 6.17. The maximum absolute atomic E-state index is 13.3. The fourth-order valence-electron chi connectivity index (χ4n) is 4.11. The molecule has 0 atom stereocenters. The van der Waals surface area contributed by atoms with Gasteiger partial charge in [-0.05, 0) is 28.8 Å². The third-order valence-electron chi connectivity index (χ3n) is 5.77. The van der Waals surface area contributed by atoms with Gasteiger partial charge in [0.1, 0.15) is 11.6 Å². The first-order valence-electron chi connectivity index (χ1n) is 11.3. The van der Waals surface area contributed by atoms with Crippen molar-refractivity contribution in [3.8, 4) is 11.4 Å². The summed E-state index contributed by atoms with van der Waals surface area (Å²) in [5.74, 6) is 3.05. The lowest BCUT2D eigenvalue weighted by atomic mass is 10.2. The van der Waals surface area contributed by atoms with Crippen molar-refractivity contribution in [3.05, 3.63) is 58.0 Å². The van der Waals surface area contributed by atoms with Gasteiger partial charge in [-0.2, -0.15) is 4.98 Å². The summed E-state index contributed by atoms with van der Waals surface area (Å²) in [6.07, 6.45) is 5.61. The summed E-state index contributed by atoms with van der Waals surface area (Å²) in [5.41, 5.74) is 1.52. The number of aryl methyl sites for hydroxylation is 3. The Morgan fingerprint density at radius 1 is 1.09 bits per heavy atom. The van der Waals surface area contributed by atoms with Gasteiger partial charge in [0.25, 0.3) is 5.56 Å². The molecule has 0 fully saturated rings. The molecule has 1 aliphatic rings. The van der Waals surface area contributed by atoms with Crippen LogP contribution in [-0.2, 0) is 25.8 Å². The van der Waals surface area contributed by atoms with E-state index in [2.05, 4.69) is 48.2 Å². The van der Waals surface area contributed by atoms with Gasteiger partial charge in [0.15, 0.2) is 0 Å². The molecule has 0 saturated heterocycles. The summed E-state index contributed by atoms with van der Waals surface area (Å²) >= 11 is 3.46. The van der Waals surface area contributed by atoms with E-state index in [1.165, 1.54) is 0 Å². The molecule has 170 valence electrons. The molecule has 3 aromatic heterocycles. The van der Waals surface area contributed by atoms with E-state index in [0.717, 1.165) is 36.0 Å². The molecule has 4 aromatic rings. The van der Waals surface area contributed by atoms with Crippen molar-refractivity contribution in [2.24, 2.45) is 4.99 Å². The van der Waals surface area contributed by atoms with E-state index in [1.807, 2.05) is 34.9 Å². The second-order valence-electron chi connectivity index (χ2n) is 8.11. The molecular formula is C23H24BrN7O2. The van der Waals surface area contributed by atoms with Crippen molar-refractivity contribution in [2.45, 2.75) is 58.4 Å². The number of aromatic nitrogens is 6. The van der Waals surface area contributed by atoms with Gasteiger partial charge in [-0.25, -0.2) is 9.39 Å². The first-order valence-corrected chi connectivity index (χ1v) is 12.1. The van der Waals surface area contributed by atoms with Gasteiger partial charge in [-0.3, -0.25) is 9.36 Å². The van der Waals surface area contributed by atoms with Crippen molar-refractivity contribution < 1.29 is 4.52 Å². The highest BCUT2D eigenvalue weighted by Crippen LogP contribution is 2.28. The van der Waals surface area contributed by atoms with Gasteiger partial charge in [0, 0.05) is 31.4 Å². The quantitative estimate of drug-likeness (QED) is 0.311. The molecular weight excluding hydrogens is 486 g/mol. The molecule has 9 nitrogen and oxygen atoms in total. The van der Waals surface area contributed by atoms with Crippen LogP contribution in [0.4, 0.5) is 5.82 Å². The van der Waals surface area contributed by atoms with Crippen molar-refractivity contribution >= 4 is 32.1 Å². The van der Waals surface area contributed by atoms with Crippen molar-refractivity contribution in [1.82, 2.24) is 29.3 Å².